The molecule has 198 valence electrons. The molecule has 1 fully saturated rings. The van der Waals surface area contributed by atoms with E-state index in [2.05, 4.69) is 12.9 Å². The third kappa shape index (κ3) is 5.51. The van der Waals surface area contributed by atoms with Crippen molar-refractivity contribution in [1.82, 2.24) is 4.90 Å². The van der Waals surface area contributed by atoms with Crippen molar-refractivity contribution in [2.45, 2.75) is 31.9 Å². The number of thiol groups is 1. The maximum atomic E-state index is 15.0. The van der Waals surface area contributed by atoms with E-state index in [-0.39, 0.29) is 23.5 Å². The van der Waals surface area contributed by atoms with E-state index >= 15 is 0 Å². The predicted molar refractivity (Wildman–Crippen MR) is 129 cm³/mol. The highest BCUT2D eigenvalue weighted by Crippen LogP contribution is 2.42. The molecule has 8 nitrogen and oxygen atoms in total. The van der Waals surface area contributed by atoms with E-state index in [0.717, 1.165) is 17.0 Å². The van der Waals surface area contributed by atoms with Gasteiger partial charge in [-0.1, -0.05) is 0 Å². The van der Waals surface area contributed by atoms with Crippen LogP contribution in [-0.4, -0.2) is 55.9 Å². The van der Waals surface area contributed by atoms with Gasteiger partial charge in [-0.15, -0.1) is 0 Å². The smallest absolute Gasteiger partial charge is 0.417 e. The van der Waals surface area contributed by atoms with Crippen molar-refractivity contribution in [1.29, 1.82) is 5.26 Å². The van der Waals surface area contributed by atoms with E-state index in [4.69, 9.17) is 14.2 Å². The first-order valence-electron chi connectivity index (χ1n) is 10.9. The van der Waals surface area contributed by atoms with Crippen LogP contribution in [0.2, 0.25) is 0 Å². The third-order valence-electron chi connectivity index (χ3n) is 5.81. The fourth-order valence-corrected chi connectivity index (χ4v) is 4.10. The number of esters is 1. The number of anilines is 2. The van der Waals surface area contributed by atoms with Gasteiger partial charge in [0.25, 0.3) is 5.91 Å². The summed E-state index contributed by atoms with van der Waals surface area (Å²) in [6.45, 7) is 3.45. The summed E-state index contributed by atoms with van der Waals surface area (Å²) < 4.78 is 65.8. The predicted octanol–water partition coefficient (Wildman–Crippen LogP) is 4.21. The highest BCUT2D eigenvalue weighted by atomic mass is 32.1. The Balaban J connectivity index is 2.00. The molecule has 1 saturated heterocycles. The molecule has 0 N–H and O–H groups in total. The summed E-state index contributed by atoms with van der Waals surface area (Å²) in [5.74, 6) is -2.47. The Bertz CT molecular complexity index is 1250. The molecule has 0 spiro atoms. The first-order chi connectivity index (χ1) is 17.2. The van der Waals surface area contributed by atoms with Crippen molar-refractivity contribution in [3.05, 3.63) is 58.9 Å². The van der Waals surface area contributed by atoms with Crippen LogP contribution in [0.4, 0.5) is 28.9 Å². The van der Waals surface area contributed by atoms with Gasteiger partial charge in [0.05, 0.1) is 22.8 Å². The first-order valence-corrected chi connectivity index (χ1v) is 11.3. The monoisotopic (exact) mass is 540 g/mol. The van der Waals surface area contributed by atoms with Gasteiger partial charge in [0.2, 0.25) is 6.35 Å². The number of carbonyl (C=O) groups excluding carboxylic acids is 2. The summed E-state index contributed by atoms with van der Waals surface area (Å²) in [6.07, 6.45) is -6.24. The molecule has 2 aromatic carbocycles. The van der Waals surface area contributed by atoms with Crippen LogP contribution in [0, 0.1) is 17.1 Å². The molecule has 1 unspecified atom stereocenters. The van der Waals surface area contributed by atoms with Crippen LogP contribution >= 0.6 is 12.9 Å². The summed E-state index contributed by atoms with van der Waals surface area (Å²) in [5, 5.41) is 9.08. The van der Waals surface area contributed by atoms with E-state index in [0.29, 0.717) is 12.6 Å². The van der Waals surface area contributed by atoms with E-state index in [1.807, 2.05) is 0 Å². The molecule has 1 atom stereocenters. The number of nitriles is 1. The molecule has 1 aliphatic heterocycles. The molecule has 37 heavy (non-hydrogen) atoms. The standard InChI is InChI=1S/C24H24F4N4O4S/c1-23(2)21(34)31(15-6-5-14(13-29)18(11-15)24(26,27)28)22(36-37)32(23)16-7-8-17(19(25)12-16)20(33)35-10-9-30(3)4/h5-8,11-12,22,37H,9-10H2,1-4H3. The number of nitrogens with zero attached hydrogens (tertiary/aromatic N) is 4. The molecule has 13 heteroatoms. The Kier molecular flexibility index (Phi) is 8.06. The van der Waals surface area contributed by atoms with Crippen molar-refractivity contribution in [3.8, 4) is 6.07 Å². The van der Waals surface area contributed by atoms with Gasteiger partial charge < -0.3 is 14.5 Å². The highest BCUT2D eigenvalue weighted by molar-refractivity contribution is 7.75. The fraction of sp³-hybridized carbons (Fsp3) is 0.375. The molecule has 0 radical (unpaired) electrons. The molecule has 1 amide bonds. The van der Waals surface area contributed by atoms with Gasteiger partial charge >= 0.3 is 12.1 Å². The Morgan fingerprint density at radius 2 is 1.84 bits per heavy atom. The minimum atomic E-state index is -4.85. The Morgan fingerprint density at radius 3 is 2.38 bits per heavy atom. The molecular weight excluding hydrogens is 516 g/mol. The highest BCUT2D eigenvalue weighted by Gasteiger charge is 2.54. The van der Waals surface area contributed by atoms with Crippen molar-refractivity contribution < 1.29 is 36.1 Å². The number of carbonyl (C=O) groups is 2. The number of amides is 1. The van der Waals surface area contributed by atoms with Gasteiger partial charge in [0.1, 0.15) is 18.0 Å². The van der Waals surface area contributed by atoms with Gasteiger partial charge in [-0.25, -0.2) is 9.18 Å². The second-order valence-corrected chi connectivity index (χ2v) is 9.19. The molecule has 0 bridgehead atoms. The van der Waals surface area contributed by atoms with Crippen molar-refractivity contribution in [2.75, 3.05) is 37.0 Å². The van der Waals surface area contributed by atoms with Crippen LogP contribution in [0.3, 0.4) is 0 Å². The average molecular weight is 541 g/mol. The van der Waals surface area contributed by atoms with E-state index < -0.39 is 46.9 Å². The van der Waals surface area contributed by atoms with E-state index in [9.17, 15) is 27.2 Å². The summed E-state index contributed by atoms with van der Waals surface area (Å²) in [6, 6.07) is 7.84. The Hall–Kier alpha value is -3.34. The summed E-state index contributed by atoms with van der Waals surface area (Å²) in [7, 11) is 3.57. The number of hydrogen-bond donors (Lipinski definition) is 1. The van der Waals surface area contributed by atoms with Crippen LogP contribution < -0.4 is 9.80 Å². The molecule has 1 aliphatic rings. The zero-order valence-electron chi connectivity index (χ0n) is 20.3. The Morgan fingerprint density at radius 1 is 1.19 bits per heavy atom. The SMILES string of the molecule is CN(C)CCOC(=O)c1ccc(N2C(OS)N(c3ccc(C#N)c(C(F)(F)F)c3)C(=O)C2(C)C)cc1F. The third-order valence-corrected chi connectivity index (χ3v) is 6.00. The zero-order chi connectivity index (χ0) is 27.7. The normalized spacial score (nSPS) is 17.3. The summed E-state index contributed by atoms with van der Waals surface area (Å²) >= 11 is 3.83. The van der Waals surface area contributed by atoms with Crippen LogP contribution in [0.15, 0.2) is 36.4 Å². The fourth-order valence-electron chi connectivity index (χ4n) is 3.91. The van der Waals surface area contributed by atoms with Gasteiger partial charge in [-0.3, -0.25) is 13.9 Å². The number of hydrogen-bond acceptors (Lipinski definition) is 8. The largest absolute Gasteiger partial charge is 0.461 e. The Labute approximate surface area is 216 Å². The zero-order valence-corrected chi connectivity index (χ0v) is 21.2. The van der Waals surface area contributed by atoms with Crippen molar-refractivity contribution in [3.63, 3.8) is 0 Å². The lowest BCUT2D eigenvalue weighted by atomic mass is 10.0. The van der Waals surface area contributed by atoms with Gasteiger partial charge in [0, 0.05) is 17.9 Å². The van der Waals surface area contributed by atoms with E-state index in [1.54, 1.807) is 19.0 Å². The number of alkyl halides is 3. The average Bonchev–Trinajstić information content (AvgIpc) is 3.02. The second kappa shape index (κ2) is 10.6. The van der Waals surface area contributed by atoms with Crippen LogP contribution in [0.5, 0.6) is 0 Å². The minimum absolute atomic E-state index is 0.0513. The number of benzene rings is 2. The minimum Gasteiger partial charge on any atom is -0.461 e. The number of rotatable bonds is 7. The number of halogens is 4. The quantitative estimate of drug-likeness (QED) is 0.244. The van der Waals surface area contributed by atoms with Gasteiger partial charge in [-0.2, -0.15) is 18.4 Å². The maximum Gasteiger partial charge on any atom is 0.417 e. The molecular formula is C24H24F4N4O4S. The van der Waals surface area contributed by atoms with Gasteiger partial charge in [0.15, 0.2) is 0 Å². The van der Waals surface area contributed by atoms with Crippen LogP contribution in [-0.2, 0) is 19.9 Å². The molecule has 0 aliphatic carbocycles. The number of ether oxygens (including phenoxy) is 1. The van der Waals surface area contributed by atoms with Crippen molar-refractivity contribution >= 4 is 36.2 Å². The lowest BCUT2D eigenvalue weighted by Gasteiger charge is -2.34. The topological polar surface area (TPSA) is 86.1 Å². The molecule has 1 heterocycles. The molecule has 0 saturated carbocycles. The molecule has 2 aromatic rings. The van der Waals surface area contributed by atoms with Gasteiger partial charge in [-0.05, 0) is 77.3 Å². The summed E-state index contributed by atoms with van der Waals surface area (Å²) in [5.41, 5.74) is -3.69. The number of likely N-dealkylation sites (N-methyl/N-ethyl adjacent to an activating group) is 1. The van der Waals surface area contributed by atoms with Crippen LogP contribution in [0.25, 0.3) is 0 Å². The maximum absolute atomic E-state index is 15.0. The molecule has 0 aromatic heterocycles. The first kappa shape index (κ1) is 28.2. The lowest BCUT2D eigenvalue weighted by Crippen LogP contribution is -2.46. The van der Waals surface area contributed by atoms with Crippen LogP contribution in [0.1, 0.15) is 35.3 Å². The van der Waals surface area contributed by atoms with Crippen molar-refractivity contribution in [2.24, 2.45) is 0 Å². The lowest BCUT2D eigenvalue weighted by molar-refractivity contribution is -0.137. The second-order valence-electron chi connectivity index (χ2n) is 8.98. The molecule has 3 rings (SSSR count). The van der Waals surface area contributed by atoms with E-state index in [1.165, 1.54) is 43.0 Å². The summed E-state index contributed by atoms with van der Waals surface area (Å²) in [4.78, 5) is 29.7.